The maximum Gasteiger partial charge on any atom is 0.307 e. The molecule has 5 heteroatoms. The molecule has 1 amide bonds. The molecule has 2 atom stereocenters. The molecule has 98 valence electrons. The molecule has 4 nitrogen and oxygen atoms in total. The van der Waals surface area contributed by atoms with Crippen molar-refractivity contribution in [1.29, 1.82) is 0 Å². The van der Waals surface area contributed by atoms with Gasteiger partial charge >= 0.3 is 5.97 Å². The van der Waals surface area contributed by atoms with Gasteiger partial charge in [-0.25, -0.2) is 0 Å². The minimum Gasteiger partial charge on any atom is -0.481 e. The van der Waals surface area contributed by atoms with E-state index in [0.717, 1.165) is 11.1 Å². The zero-order valence-corrected chi connectivity index (χ0v) is 11.5. The molecule has 2 rings (SSSR count). The van der Waals surface area contributed by atoms with E-state index in [1.54, 1.807) is 11.3 Å². The van der Waals surface area contributed by atoms with E-state index in [-0.39, 0.29) is 5.91 Å². The van der Waals surface area contributed by atoms with Crippen molar-refractivity contribution < 1.29 is 14.7 Å². The number of hydrogen-bond donors (Lipinski definition) is 2. The Labute approximate surface area is 110 Å². The van der Waals surface area contributed by atoms with Gasteiger partial charge in [0.25, 0.3) is 0 Å². The number of nitrogens with one attached hydrogen (secondary N) is 1. The van der Waals surface area contributed by atoms with Crippen LogP contribution in [0.4, 0.5) is 0 Å². The van der Waals surface area contributed by atoms with Crippen molar-refractivity contribution in [2.45, 2.75) is 27.3 Å². The van der Waals surface area contributed by atoms with E-state index < -0.39 is 23.2 Å². The lowest BCUT2D eigenvalue weighted by Gasteiger charge is -2.05. The number of aliphatic carboxylic acids is 1. The number of carboxylic acid groups (broad SMARTS) is 1. The van der Waals surface area contributed by atoms with Crippen LogP contribution in [-0.2, 0) is 16.1 Å². The molecule has 1 aliphatic carbocycles. The summed E-state index contributed by atoms with van der Waals surface area (Å²) in [5.41, 5.74) is 1.82. The van der Waals surface area contributed by atoms with Gasteiger partial charge in [0.1, 0.15) is 0 Å². The van der Waals surface area contributed by atoms with Crippen molar-refractivity contribution in [2.75, 3.05) is 0 Å². The Balaban J connectivity index is 1.94. The van der Waals surface area contributed by atoms with Crippen LogP contribution in [0.1, 0.15) is 25.0 Å². The Morgan fingerprint density at radius 3 is 2.50 bits per heavy atom. The van der Waals surface area contributed by atoms with Gasteiger partial charge in [-0.3, -0.25) is 9.59 Å². The van der Waals surface area contributed by atoms with Crippen molar-refractivity contribution >= 4 is 23.2 Å². The maximum atomic E-state index is 12.0. The molecule has 0 saturated heterocycles. The smallest absolute Gasteiger partial charge is 0.307 e. The number of rotatable bonds is 4. The second-order valence-electron chi connectivity index (χ2n) is 5.41. The van der Waals surface area contributed by atoms with Gasteiger partial charge in [-0.1, -0.05) is 13.8 Å². The summed E-state index contributed by atoms with van der Waals surface area (Å²) in [6, 6.07) is 0. The fraction of sp³-hybridized carbons (Fsp3) is 0.538. The Bertz CT molecular complexity index is 492. The molecule has 1 fully saturated rings. The minimum absolute atomic E-state index is 0.155. The Hall–Kier alpha value is -1.36. The van der Waals surface area contributed by atoms with E-state index in [4.69, 9.17) is 5.11 Å². The van der Waals surface area contributed by atoms with Crippen LogP contribution in [0, 0.1) is 24.2 Å². The lowest BCUT2D eigenvalue weighted by molar-refractivity contribution is -0.140. The highest BCUT2D eigenvalue weighted by atomic mass is 32.1. The number of carboxylic acids is 1. The van der Waals surface area contributed by atoms with Crippen LogP contribution in [0.2, 0.25) is 0 Å². The van der Waals surface area contributed by atoms with Gasteiger partial charge in [0.2, 0.25) is 5.91 Å². The minimum atomic E-state index is -0.883. The molecule has 1 aliphatic rings. The highest BCUT2D eigenvalue weighted by Gasteiger charge is 2.65. The van der Waals surface area contributed by atoms with E-state index >= 15 is 0 Å². The van der Waals surface area contributed by atoms with Crippen LogP contribution < -0.4 is 5.32 Å². The number of hydrogen-bond acceptors (Lipinski definition) is 3. The Morgan fingerprint density at radius 1 is 1.39 bits per heavy atom. The number of thiophene rings is 1. The molecule has 1 heterocycles. The molecule has 2 N–H and O–H groups in total. The van der Waals surface area contributed by atoms with Crippen molar-refractivity contribution in [1.82, 2.24) is 5.32 Å². The number of amides is 1. The topological polar surface area (TPSA) is 66.4 Å². The van der Waals surface area contributed by atoms with E-state index in [0.29, 0.717) is 6.54 Å². The zero-order valence-electron chi connectivity index (χ0n) is 10.7. The maximum absolute atomic E-state index is 12.0. The predicted molar refractivity (Wildman–Crippen MR) is 69.3 cm³/mol. The summed E-state index contributed by atoms with van der Waals surface area (Å²) >= 11 is 1.60. The molecule has 0 spiro atoms. The van der Waals surface area contributed by atoms with Gasteiger partial charge in [0.05, 0.1) is 11.8 Å². The summed E-state index contributed by atoms with van der Waals surface area (Å²) in [7, 11) is 0. The molecular formula is C13H17NO3S. The summed E-state index contributed by atoms with van der Waals surface area (Å²) in [6.07, 6.45) is 0. The normalized spacial score (nSPS) is 24.6. The standard InChI is InChI=1S/C13H17NO3S/c1-7-5-18-6-8(7)4-14-11(15)9-10(12(16)17)13(9,2)3/h5-6,9-10H,4H2,1-3H3,(H,14,15)(H,16,17)/t9-,10+/m1/s1. The average Bonchev–Trinajstić information content (AvgIpc) is 2.62. The number of aryl methyl sites for hydroxylation is 1. The second kappa shape index (κ2) is 4.39. The Kier molecular flexibility index (Phi) is 3.19. The zero-order chi connectivity index (χ0) is 13.5. The number of carbonyl (C=O) groups excluding carboxylic acids is 1. The van der Waals surface area contributed by atoms with Gasteiger partial charge < -0.3 is 10.4 Å². The monoisotopic (exact) mass is 267 g/mol. The lowest BCUT2D eigenvalue weighted by Crippen LogP contribution is -2.26. The van der Waals surface area contributed by atoms with Crippen molar-refractivity contribution in [2.24, 2.45) is 17.3 Å². The lowest BCUT2D eigenvalue weighted by atomic mass is 10.1. The first-order valence-corrected chi connectivity index (χ1v) is 6.82. The van der Waals surface area contributed by atoms with Crippen LogP contribution in [0.3, 0.4) is 0 Å². The van der Waals surface area contributed by atoms with Crippen LogP contribution in [0.5, 0.6) is 0 Å². The number of carbonyl (C=O) groups is 2. The summed E-state index contributed by atoms with van der Waals surface area (Å²) in [4.78, 5) is 23.0. The summed E-state index contributed by atoms with van der Waals surface area (Å²) in [5, 5.41) is 15.9. The highest BCUT2D eigenvalue weighted by Crippen LogP contribution is 2.58. The Morgan fingerprint density at radius 2 is 2.06 bits per heavy atom. The highest BCUT2D eigenvalue weighted by molar-refractivity contribution is 7.08. The van der Waals surface area contributed by atoms with Crippen LogP contribution in [-0.4, -0.2) is 17.0 Å². The van der Waals surface area contributed by atoms with Gasteiger partial charge in [-0.15, -0.1) is 0 Å². The largest absolute Gasteiger partial charge is 0.481 e. The average molecular weight is 267 g/mol. The van der Waals surface area contributed by atoms with Crippen LogP contribution in [0.15, 0.2) is 10.8 Å². The molecule has 1 aromatic rings. The summed E-state index contributed by atoms with van der Waals surface area (Å²) in [5.74, 6) is -2.00. The predicted octanol–water partition coefficient (Wildman–Crippen LogP) is 2.03. The molecule has 0 unspecified atom stereocenters. The van der Waals surface area contributed by atoms with Crippen LogP contribution in [0.25, 0.3) is 0 Å². The molecule has 1 saturated carbocycles. The van der Waals surface area contributed by atoms with Gasteiger partial charge in [0, 0.05) is 6.54 Å². The first-order chi connectivity index (χ1) is 8.35. The van der Waals surface area contributed by atoms with Gasteiger partial charge in [-0.05, 0) is 34.2 Å². The van der Waals surface area contributed by atoms with Crippen molar-refractivity contribution in [3.05, 3.63) is 21.9 Å². The molecule has 0 aromatic carbocycles. The van der Waals surface area contributed by atoms with Crippen LogP contribution >= 0.6 is 11.3 Å². The molecule has 1 aromatic heterocycles. The van der Waals surface area contributed by atoms with Gasteiger partial charge in [0.15, 0.2) is 0 Å². The fourth-order valence-electron chi connectivity index (χ4n) is 2.45. The van der Waals surface area contributed by atoms with E-state index in [1.807, 2.05) is 31.5 Å². The quantitative estimate of drug-likeness (QED) is 0.877. The van der Waals surface area contributed by atoms with E-state index in [9.17, 15) is 9.59 Å². The van der Waals surface area contributed by atoms with Gasteiger partial charge in [-0.2, -0.15) is 11.3 Å². The molecule has 0 bridgehead atoms. The third-order valence-electron chi connectivity index (χ3n) is 3.79. The van der Waals surface area contributed by atoms with Crippen molar-refractivity contribution in [3.8, 4) is 0 Å². The first kappa shape index (κ1) is 13.1. The van der Waals surface area contributed by atoms with E-state index in [2.05, 4.69) is 5.32 Å². The molecule has 18 heavy (non-hydrogen) atoms. The fourth-order valence-corrected chi connectivity index (χ4v) is 3.31. The third kappa shape index (κ3) is 2.14. The second-order valence-corrected chi connectivity index (χ2v) is 6.16. The van der Waals surface area contributed by atoms with Crippen molar-refractivity contribution in [3.63, 3.8) is 0 Å². The SMILES string of the molecule is Cc1cscc1CNC(=O)[C@H]1[C@@H](C(=O)O)C1(C)C. The first-order valence-electron chi connectivity index (χ1n) is 5.88. The summed E-state index contributed by atoms with van der Waals surface area (Å²) < 4.78 is 0. The summed E-state index contributed by atoms with van der Waals surface area (Å²) in [6.45, 7) is 6.13. The molecule has 0 aliphatic heterocycles. The third-order valence-corrected chi connectivity index (χ3v) is 4.70. The molecular weight excluding hydrogens is 250 g/mol. The van der Waals surface area contributed by atoms with E-state index in [1.165, 1.54) is 0 Å². The molecule has 0 radical (unpaired) electrons.